The molecule has 2 aromatic heterocycles. The highest BCUT2D eigenvalue weighted by Crippen LogP contribution is 2.24. The van der Waals surface area contributed by atoms with Crippen molar-refractivity contribution >= 4 is 27.0 Å². The summed E-state index contributed by atoms with van der Waals surface area (Å²) in [5.41, 5.74) is 5.29. The topological polar surface area (TPSA) is 43.9 Å². The van der Waals surface area contributed by atoms with Gasteiger partial charge in [0.1, 0.15) is 12.1 Å². The lowest BCUT2D eigenvalue weighted by atomic mass is 10.1. The molecule has 0 N–H and O–H groups in total. The minimum Gasteiger partial charge on any atom is -0.364 e. The second-order valence-electron chi connectivity index (χ2n) is 6.90. The lowest BCUT2D eigenvalue weighted by Gasteiger charge is -2.07. The minimum absolute atomic E-state index is 0.204. The highest BCUT2D eigenvalue weighted by Gasteiger charge is 2.15. The van der Waals surface area contributed by atoms with Crippen LogP contribution in [0.2, 0.25) is 0 Å². The Balaban J connectivity index is 0.000000438. The van der Waals surface area contributed by atoms with E-state index < -0.39 is 0 Å². The largest absolute Gasteiger partial charge is 0.364 e. The van der Waals surface area contributed by atoms with Crippen molar-refractivity contribution in [1.82, 2.24) is 14.7 Å². The standard InChI is InChI=1S/C18H20BrN3O.C5H7F/c1-4-7-22-17-6-5-14(19)10-16(17)20-18(22)9-13-11-23-21-15(13)8-12(2)3;1-3-4-5(2)6/h5-6,10-11H,2,4,7-9H2,1,3H3;3-4H,1H2,2H3/b;5-4+. The van der Waals surface area contributed by atoms with Gasteiger partial charge in [-0.3, -0.25) is 0 Å². The smallest absolute Gasteiger partial charge is 0.127 e. The number of imidazole rings is 1. The Kier molecular flexibility index (Phi) is 8.58. The van der Waals surface area contributed by atoms with E-state index in [1.54, 1.807) is 6.26 Å². The van der Waals surface area contributed by atoms with E-state index in [0.29, 0.717) is 0 Å². The molecule has 0 unspecified atom stereocenters. The fourth-order valence-corrected chi connectivity index (χ4v) is 3.30. The van der Waals surface area contributed by atoms with Gasteiger partial charge < -0.3 is 9.09 Å². The molecule has 0 bridgehead atoms. The van der Waals surface area contributed by atoms with Crippen LogP contribution in [-0.2, 0) is 19.4 Å². The van der Waals surface area contributed by atoms with Gasteiger partial charge in [0.2, 0.25) is 0 Å². The number of rotatable bonds is 7. The van der Waals surface area contributed by atoms with E-state index in [2.05, 4.69) is 63.9 Å². The predicted molar refractivity (Wildman–Crippen MR) is 121 cm³/mol. The van der Waals surface area contributed by atoms with Crippen LogP contribution in [0.1, 0.15) is 44.3 Å². The Morgan fingerprint density at radius 3 is 2.69 bits per heavy atom. The SMILES string of the molecule is C=C(C)Cc1nocc1Cc1nc2cc(Br)ccc2n1CCC.C=C/C=C(\C)F. The van der Waals surface area contributed by atoms with Crippen LogP contribution in [0.25, 0.3) is 11.0 Å². The molecule has 3 aromatic rings. The summed E-state index contributed by atoms with van der Waals surface area (Å²) in [6, 6.07) is 6.24. The number of nitrogens with zero attached hydrogens (tertiary/aromatic N) is 3. The van der Waals surface area contributed by atoms with Gasteiger partial charge in [0.15, 0.2) is 0 Å². The first kappa shape index (κ1) is 22.8. The second-order valence-corrected chi connectivity index (χ2v) is 7.81. The third kappa shape index (κ3) is 6.53. The van der Waals surface area contributed by atoms with Crippen molar-refractivity contribution in [3.63, 3.8) is 0 Å². The van der Waals surface area contributed by atoms with E-state index in [1.807, 2.05) is 6.92 Å². The van der Waals surface area contributed by atoms with Crippen LogP contribution >= 0.6 is 15.9 Å². The van der Waals surface area contributed by atoms with Crippen LogP contribution in [0.15, 0.2) is 70.2 Å². The van der Waals surface area contributed by atoms with E-state index in [-0.39, 0.29) is 5.83 Å². The second kappa shape index (κ2) is 10.9. The quantitative estimate of drug-likeness (QED) is 0.283. The lowest BCUT2D eigenvalue weighted by Crippen LogP contribution is -2.05. The van der Waals surface area contributed by atoms with Crippen molar-refractivity contribution in [2.75, 3.05) is 0 Å². The first-order valence-corrected chi connectivity index (χ1v) is 10.3. The van der Waals surface area contributed by atoms with Gasteiger partial charge in [-0.1, -0.05) is 52.8 Å². The fraction of sp³-hybridized carbons (Fsp3) is 0.304. The number of aromatic nitrogens is 3. The Bertz CT molecular complexity index is 1010. The molecule has 0 aliphatic carbocycles. The fourth-order valence-electron chi connectivity index (χ4n) is 2.95. The molecule has 0 saturated heterocycles. The predicted octanol–water partition coefficient (Wildman–Crippen LogP) is 6.95. The molecule has 0 radical (unpaired) electrons. The van der Waals surface area contributed by atoms with Crippen LogP contribution in [-0.4, -0.2) is 14.7 Å². The van der Waals surface area contributed by atoms with Crippen molar-refractivity contribution in [3.05, 3.63) is 82.7 Å². The maximum absolute atomic E-state index is 11.5. The van der Waals surface area contributed by atoms with Crippen molar-refractivity contribution in [1.29, 1.82) is 0 Å². The van der Waals surface area contributed by atoms with Crippen molar-refractivity contribution in [3.8, 4) is 0 Å². The zero-order valence-corrected chi connectivity index (χ0v) is 18.8. The average molecular weight is 460 g/mol. The molecule has 29 heavy (non-hydrogen) atoms. The lowest BCUT2D eigenvalue weighted by molar-refractivity contribution is 0.412. The zero-order chi connectivity index (χ0) is 21.4. The molecule has 6 heteroatoms. The molecule has 0 spiro atoms. The normalized spacial score (nSPS) is 11.3. The van der Waals surface area contributed by atoms with Gasteiger partial charge in [-0.2, -0.15) is 0 Å². The highest BCUT2D eigenvalue weighted by atomic mass is 79.9. The first-order valence-electron chi connectivity index (χ1n) is 9.51. The van der Waals surface area contributed by atoms with E-state index in [9.17, 15) is 4.39 Å². The van der Waals surface area contributed by atoms with Crippen LogP contribution < -0.4 is 0 Å². The molecule has 3 rings (SSSR count). The highest BCUT2D eigenvalue weighted by molar-refractivity contribution is 9.10. The van der Waals surface area contributed by atoms with E-state index in [4.69, 9.17) is 9.51 Å². The van der Waals surface area contributed by atoms with E-state index >= 15 is 0 Å². The molecule has 0 aliphatic rings. The summed E-state index contributed by atoms with van der Waals surface area (Å²) >= 11 is 3.52. The van der Waals surface area contributed by atoms with Gasteiger partial charge in [-0.05, 0) is 44.5 Å². The molecular weight excluding hydrogens is 433 g/mol. The van der Waals surface area contributed by atoms with Gasteiger partial charge in [-0.15, -0.1) is 0 Å². The summed E-state index contributed by atoms with van der Waals surface area (Å²) in [5.74, 6) is 0.844. The number of fused-ring (bicyclic) bond motifs is 1. The zero-order valence-electron chi connectivity index (χ0n) is 17.2. The summed E-state index contributed by atoms with van der Waals surface area (Å²) in [7, 11) is 0. The van der Waals surface area contributed by atoms with Crippen LogP contribution in [0, 0.1) is 0 Å². The molecule has 0 amide bonds. The van der Waals surface area contributed by atoms with Crippen LogP contribution in [0.5, 0.6) is 0 Å². The number of allylic oxidation sites excluding steroid dienone is 4. The number of hydrogen-bond acceptors (Lipinski definition) is 3. The summed E-state index contributed by atoms with van der Waals surface area (Å²) in [6.07, 6.45) is 6.97. The van der Waals surface area contributed by atoms with Crippen LogP contribution in [0.3, 0.4) is 0 Å². The van der Waals surface area contributed by atoms with Crippen LogP contribution in [0.4, 0.5) is 4.39 Å². The molecule has 154 valence electrons. The Labute approximate surface area is 179 Å². The average Bonchev–Trinajstić information content (AvgIpc) is 3.20. The summed E-state index contributed by atoms with van der Waals surface area (Å²) in [5, 5.41) is 4.12. The van der Waals surface area contributed by atoms with Gasteiger partial charge in [0.05, 0.1) is 22.6 Å². The minimum atomic E-state index is -0.204. The molecule has 4 nitrogen and oxygen atoms in total. The van der Waals surface area contributed by atoms with Crippen molar-refractivity contribution < 1.29 is 8.91 Å². The number of halogens is 2. The molecular formula is C23H27BrFN3O. The Morgan fingerprint density at radius 2 is 2.10 bits per heavy atom. The monoisotopic (exact) mass is 459 g/mol. The van der Waals surface area contributed by atoms with Gasteiger partial charge in [-0.25, -0.2) is 9.37 Å². The molecule has 0 saturated carbocycles. The van der Waals surface area contributed by atoms with E-state index in [0.717, 1.165) is 58.5 Å². The first-order chi connectivity index (χ1) is 13.8. The maximum atomic E-state index is 11.5. The van der Waals surface area contributed by atoms with Crippen molar-refractivity contribution in [2.45, 2.75) is 46.6 Å². The molecule has 1 aromatic carbocycles. The van der Waals surface area contributed by atoms with E-state index in [1.165, 1.54) is 24.6 Å². The summed E-state index contributed by atoms with van der Waals surface area (Å²) < 4.78 is 20.0. The number of benzene rings is 1. The third-order valence-electron chi connectivity index (χ3n) is 4.13. The van der Waals surface area contributed by atoms with Gasteiger partial charge in [0, 0.05) is 29.4 Å². The molecule has 0 aliphatic heterocycles. The molecule has 2 heterocycles. The third-order valence-corrected chi connectivity index (χ3v) is 4.62. The molecule has 0 atom stereocenters. The number of aryl methyl sites for hydroxylation is 1. The number of hydrogen-bond donors (Lipinski definition) is 0. The van der Waals surface area contributed by atoms with Gasteiger partial charge >= 0.3 is 0 Å². The maximum Gasteiger partial charge on any atom is 0.127 e. The van der Waals surface area contributed by atoms with Gasteiger partial charge in [0.25, 0.3) is 0 Å². The molecule has 0 fully saturated rings. The summed E-state index contributed by atoms with van der Waals surface area (Å²) in [4.78, 5) is 4.83. The summed E-state index contributed by atoms with van der Waals surface area (Å²) in [6.45, 7) is 13.8. The Hall–Kier alpha value is -2.47. The Morgan fingerprint density at radius 1 is 1.34 bits per heavy atom. The van der Waals surface area contributed by atoms with Crippen molar-refractivity contribution in [2.24, 2.45) is 0 Å².